The minimum absolute atomic E-state index is 0.0174. The Bertz CT molecular complexity index is 1000. The van der Waals surface area contributed by atoms with Gasteiger partial charge >= 0.3 is 0 Å². The highest BCUT2D eigenvalue weighted by atomic mass is 16.1. The second-order valence-corrected chi connectivity index (χ2v) is 6.44. The Morgan fingerprint density at radius 3 is 2.33 bits per heavy atom. The summed E-state index contributed by atoms with van der Waals surface area (Å²) in [6, 6.07) is 22.9. The monoisotopic (exact) mass is 312 g/mol. The summed E-state index contributed by atoms with van der Waals surface area (Å²) in [6.07, 6.45) is 0. The molecule has 0 fully saturated rings. The molecular formula is C21H16N2O. The smallest absolute Gasteiger partial charge is 0.176 e. The van der Waals surface area contributed by atoms with E-state index in [1.165, 1.54) is 21.9 Å². The molecule has 3 nitrogen and oxygen atoms in total. The van der Waals surface area contributed by atoms with Crippen LogP contribution in [0, 0.1) is 0 Å². The van der Waals surface area contributed by atoms with Crippen LogP contribution in [-0.4, -0.2) is 11.5 Å². The molecule has 3 heteroatoms. The third-order valence-corrected chi connectivity index (χ3v) is 5.09. The molecule has 0 N–H and O–H groups in total. The van der Waals surface area contributed by atoms with Crippen LogP contribution in [-0.2, 0) is 4.79 Å². The summed E-state index contributed by atoms with van der Waals surface area (Å²) in [5.41, 5.74) is 4.17. The Hall–Kier alpha value is -2.94. The van der Waals surface area contributed by atoms with E-state index in [2.05, 4.69) is 36.4 Å². The van der Waals surface area contributed by atoms with Gasteiger partial charge in [0.05, 0.1) is 17.6 Å². The van der Waals surface area contributed by atoms with Crippen LogP contribution in [0.2, 0.25) is 0 Å². The number of hydrogen-bond donors (Lipinski definition) is 0. The molecule has 3 aromatic carbocycles. The highest BCUT2D eigenvalue weighted by molar-refractivity contribution is 6.42. The van der Waals surface area contributed by atoms with Gasteiger partial charge in [0.25, 0.3) is 0 Å². The molecule has 1 aliphatic heterocycles. The number of nitrogens with zero attached hydrogens (tertiary/aromatic N) is 2. The second-order valence-electron chi connectivity index (χ2n) is 6.44. The minimum atomic E-state index is 0.0174. The molecule has 0 aromatic heterocycles. The minimum Gasteiger partial charge on any atom is -0.293 e. The van der Waals surface area contributed by atoms with Gasteiger partial charge < -0.3 is 0 Å². The van der Waals surface area contributed by atoms with Crippen LogP contribution in [0.5, 0.6) is 0 Å². The van der Waals surface area contributed by atoms with E-state index in [0.717, 1.165) is 5.69 Å². The molecule has 0 saturated carbocycles. The van der Waals surface area contributed by atoms with Gasteiger partial charge in [-0.1, -0.05) is 54.6 Å². The number of anilines is 1. The zero-order valence-corrected chi connectivity index (χ0v) is 13.3. The lowest BCUT2D eigenvalue weighted by Crippen LogP contribution is -2.22. The van der Waals surface area contributed by atoms with Crippen molar-refractivity contribution in [2.75, 3.05) is 5.01 Å². The van der Waals surface area contributed by atoms with E-state index in [-0.39, 0.29) is 17.7 Å². The lowest BCUT2D eigenvalue weighted by Gasteiger charge is -2.24. The van der Waals surface area contributed by atoms with E-state index >= 15 is 0 Å². The number of para-hydroxylation sites is 1. The predicted molar refractivity (Wildman–Crippen MR) is 96.5 cm³/mol. The van der Waals surface area contributed by atoms with Gasteiger partial charge in [0.1, 0.15) is 5.71 Å². The lowest BCUT2D eigenvalue weighted by molar-refractivity contribution is -0.111. The number of fused-ring (bicyclic) bond motifs is 3. The highest BCUT2D eigenvalue weighted by Crippen LogP contribution is 2.53. The average molecular weight is 312 g/mol. The third-order valence-electron chi connectivity index (χ3n) is 5.09. The fraction of sp³-hybridized carbons (Fsp3) is 0.143. The van der Waals surface area contributed by atoms with Crippen LogP contribution in [0.3, 0.4) is 0 Å². The van der Waals surface area contributed by atoms with Gasteiger partial charge in [-0.25, -0.2) is 0 Å². The molecule has 0 radical (unpaired) electrons. The van der Waals surface area contributed by atoms with E-state index in [1.807, 2.05) is 35.3 Å². The molecule has 2 aliphatic rings. The van der Waals surface area contributed by atoms with Gasteiger partial charge in [0.2, 0.25) is 0 Å². The topological polar surface area (TPSA) is 32.7 Å². The molecule has 1 aliphatic carbocycles. The zero-order valence-electron chi connectivity index (χ0n) is 13.3. The molecule has 5 rings (SSSR count). The Morgan fingerprint density at radius 2 is 1.62 bits per heavy atom. The van der Waals surface area contributed by atoms with Gasteiger partial charge in [-0.15, -0.1) is 0 Å². The molecule has 0 amide bonds. The first-order chi connectivity index (χ1) is 11.8. The number of carbonyl (C=O) groups is 1. The zero-order chi connectivity index (χ0) is 16.3. The molecular weight excluding hydrogens is 296 g/mol. The van der Waals surface area contributed by atoms with Crippen LogP contribution in [0.1, 0.15) is 30.0 Å². The van der Waals surface area contributed by atoms with Crippen molar-refractivity contribution in [1.82, 2.24) is 0 Å². The predicted octanol–water partition coefficient (Wildman–Crippen LogP) is 4.44. The van der Waals surface area contributed by atoms with E-state index in [4.69, 9.17) is 5.10 Å². The Labute approximate surface area is 140 Å². The van der Waals surface area contributed by atoms with Crippen molar-refractivity contribution in [3.8, 4) is 0 Å². The summed E-state index contributed by atoms with van der Waals surface area (Å²) in [7, 11) is 0. The highest BCUT2D eigenvalue weighted by Gasteiger charge is 2.47. The van der Waals surface area contributed by atoms with Crippen LogP contribution in [0.25, 0.3) is 10.8 Å². The number of ketones is 1. The fourth-order valence-electron chi connectivity index (χ4n) is 4.15. The number of carbonyl (C=O) groups excluding carboxylic acids is 1. The van der Waals surface area contributed by atoms with Crippen molar-refractivity contribution < 1.29 is 4.79 Å². The molecule has 24 heavy (non-hydrogen) atoms. The van der Waals surface area contributed by atoms with Crippen molar-refractivity contribution in [2.24, 2.45) is 5.10 Å². The fourth-order valence-corrected chi connectivity index (χ4v) is 4.15. The van der Waals surface area contributed by atoms with Crippen LogP contribution >= 0.6 is 0 Å². The van der Waals surface area contributed by atoms with Crippen molar-refractivity contribution >= 4 is 28.0 Å². The van der Waals surface area contributed by atoms with E-state index in [0.29, 0.717) is 5.71 Å². The van der Waals surface area contributed by atoms with Crippen molar-refractivity contribution in [3.63, 3.8) is 0 Å². The molecule has 0 saturated heterocycles. The number of hydrogen-bond acceptors (Lipinski definition) is 3. The Balaban J connectivity index is 1.79. The SMILES string of the molecule is CC(=O)C1=NN(c2ccccc2)[C@@H]2c3cccc4cccc(c34)[C@H]12. The van der Waals surface area contributed by atoms with Crippen molar-refractivity contribution in [2.45, 2.75) is 18.9 Å². The largest absolute Gasteiger partial charge is 0.293 e. The summed E-state index contributed by atoms with van der Waals surface area (Å²) in [5.74, 6) is 0.0667. The summed E-state index contributed by atoms with van der Waals surface area (Å²) < 4.78 is 0. The molecule has 0 bridgehead atoms. The molecule has 0 spiro atoms. The molecule has 0 unspecified atom stereocenters. The quantitative estimate of drug-likeness (QED) is 0.700. The maximum Gasteiger partial charge on any atom is 0.176 e. The normalized spacial score (nSPS) is 21.0. The molecule has 116 valence electrons. The summed E-state index contributed by atoms with van der Waals surface area (Å²) in [5, 5.41) is 9.27. The molecule has 1 heterocycles. The first-order valence-electron chi connectivity index (χ1n) is 8.21. The number of hydrazone groups is 1. The molecule has 3 aromatic rings. The third kappa shape index (κ3) is 1.67. The number of rotatable bonds is 2. The number of benzene rings is 3. The van der Waals surface area contributed by atoms with Gasteiger partial charge in [0.15, 0.2) is 5.78 Å². The standard InChI is InChI=1S/C21H16N2O/c1-13(24)20-19-16-11-5-7-14-8-6-12-17(18(14)16)21(19)23(22-20)15-9-3-2-4-10-15/h2-12,19,21H,1H3/t19-,21-/m1/s1. The van der Waals surface area contributed by atoms with Gasteiger partial charge in [-0.2, -0.15) is 5.10 Å². The molecule has 2 atom stereocenters. The lowest BCUT2D eigenvalue weighted by atomic mass is 9.90. The van der Waals surface area contributed by atoms with Crippen LogP contribution < -0.4 is 5.01 Å². The maximum atomic E-state index is 12.3. The Kier molecular flexibility index (Phi) is 2.69. The Morgan fingerprint density at radius 1 is 0.917 bits per heavy atom. The van der Waals surface area contributed by atoms with Gasteiger partial charge in [-0.05, 0) is 34.0 Å². The number of Topliss-reactive ketones (excluding diaryl/α,β-unsaturated/α-hetero) is 1. The average Bonchev–Trinajstić information content (AvgIpc) is 3.15. The van der Waals surface area contributed by atoms with Crippen molar-refractivity contribution in [3.05, 3.63) is 77.9 Å². The van der Waals surface area contributed by atoms with Crippen molar-refractivity contribution in [1.29, 1.82) is 0 Å². The van der Waals surface area contributed by atoms with E-state index in [1.54, 1.807) is 6.92 Å². The van der Waals surface area contributed by atoms with E-state index in [9.17, 15) is 4.79 Å². The summed E-state index contributed by atoms with van der Waals surface area (Å²) in [6.45, 7) is 1.62. The van der Waals surface area contributed by atoms with Gasteiger partial charge in [0, 0.05) is 6.92 Å². The second kappa shape index (κ2) is 4.78. The maximum absolute atomic E-state index is 12.3. The van der Waals surface area contributed by atoms with E-state index < -0.39 is 0 Å². The van der Waals surface area contributed by atoms with Crippen LogP contribution in [0.15, 0.2) is 71.8 Å². The first kappa shape index (κ1) is 13.5. The summed E-state index contributed by atoms with van der Waals surface area (Å²) in [4.78, 5) is 12.3. The first-order valence-corrected chi connectivity index (χ1v) is 8.21. The summed E-state index contributed by atoms with van der Waals surface area (Å²) >= 11 is 0. The van der Waals surface area contributed by atoms with Gasteiger partial charge in [-0.3, -0.25) is 9.80 Å². The van der Waals surface area contributed by atoms with Crippen LogP contribution in [0.4, 0.5) is 5.69 Å².